The van der Waals surface area contributed by atoms with E-state index in [1.807, 2.05) is 13.8 Å². The van der Waals surface area contributed by atoms with E-state index in [4.69, 9.17) is 9.47 Å². The van der Waals surface area contributed by atoms with Crippen LogP contribution in [0.25, 0.3) is 0 Å². The number of nitrogens with one attached hydrogen (secondary N) is 2. The third-order valence-electron chi connectivity index (χ3n) is 3.31. The van der Waals surface area contributed by atoms with Crippen molar-refractivity contribution >= 4 is 16.1 Å². The van der Waals surface area contributed by atoms with Gasteiger partial charge in [-0.15, -0.1) is 0 Å². The first kappa shape index (κ1) is 21.2. The van der Waals surface area contributed by atoms with Gasteiger partial charge in [0.15, 0.2) is 11.6 Å². The molecule has 1 rings (SSSR count). The molecule has 0 aliphatic rings. The van der Waals surface area contributed by atoms with Gasteiger partial charge in [0.05, 0.1) is 18.6 Å². The lowest BCUT2D eigenvalue weighted by Gasteiger charge is -2.20. The summed E-state index contributed by atoms with van der Waals surface area (Å²) in [5, 5.41) is 2.62. The lowest BCUT2D eigenvalue weighted by molar-refractivity contribution is 0.146. The van der Waals surface area contributed by atoms with E-state index in [9.17, 15) is 17.6 Å². The number of ether oxygens (including phenoxy) is 2. The first-order valence-electron chi connectivity index (χ1n) is 7.96. The predicted octanol–water partition coefficient (Wildman–Crippen LogP) is 2.27. The van der Waals surface area contributed by atoms with Gasteiger partial charge in [-0.25, -0.2) is 22.3 Å². The monoisotopic (exact) mass is 376 g/mol. The first-order chi connectivity index (χ1) is 11.7. The van der Waals surface area contributed by atoms with Crippen molar-refractivity contribution in [1.82, 2.24) is 10.0 Å². The number of carbonyl (C=O) groups excluding carboxylic acids is 1. The molecule has 0 bridgehead atoms. The maximum Gasteiger partial charge on any atom is 0.407 e. The molecule has 2 N–H and O–H groups in total. The molecule has 0 radical (unpaired) electrons. The largest absolute Gasteiger partial charge is 0.494 e. The van der Waals surface area contributed by atoms with Gasteiger partial charge in [0.2, 0.25) is 10.0 Å². The van der Waals surface area contributed by atoms with Crippen LogP contribution in [0.3, 0.4) is 0 Å². The molecule has 1 amide bonds. The molecule has 0 saturated heterocycles. The lowest BCUT2D eigenvalue weighted by Crippen LogP contribution is -2.44. The van der Waals surface area contributed by atoms with Crippen LogP contribution in [0.15, 0.2) is 23.1 Å². The highest BCUT2D eigenvalue weighted by Gasteiger charge is 2.21. The Balaban J connectivity index is 2.81. The highest BCUT2D eigenvalue weighted by Crippen LogP contribution is 2.20. The zero-order valence-electron chi connectivity index (χ0n) is 14.8. The summed E-state index contributed by atoms with van der Waals surface area (Å²) in [5.41, 5.74) is 0. The summed E-state index contributed by atoms with van der Waals surface area (Å²) in [7, 11) is -2.63. The van der Waals surface area contributed by atoms with Crippen LogP contribution in [0.1, 0.15) is 27.2 Å². The van der Waals surface area contributed by atoms with Gasteiger partial charge in [-0.2, -0.15) is 0 Å². The van der Waals surface area contributed by atoms with E-state index in [2.05, 4.69) is 10.0 Å². The Morgan fingerprint density at radius 1 is 1.32 bits per heavy atom. The van der Waals surface area contributed by atoms with Crippen molar-refractivity contribution in [2.75, 3.05) is 20.3 Å². The van der Waals surface area contributed by atoms with E-state index < -0.39 is 28.0 Å². The second-order valence-corrected chi connectivity index (χ2v) is 7.61. The van der Waals surface area contributed by atoms with Crippen LogP contribution >= 0.6 is 0 Å². The molecule has 0 fully saturated rings. The molecule has 0 aliphatic heterocycles. The summed E-state index contributed by atoms with van der Waals surface area (Å²) in [5.74, 6) is -0.579. The maximum atomic E-state index is 13.7. The molecule has 0 aliphatic carbocycles. The van der Waals surface area contributed by atoms with E-state index >= 15 is 0 Å². The van der Waals surface area contributed by atoms with Crippen LogP contribution in [-0.2, 0) is 14.8 Å². The minimum absolute atomic E-state index is 0.0347. The van der Waals surface area contributed by atoms with Crippen LogP contribution in [0.2, 0.25) is 0 Å². The molecule has 1 atom stereocenters. The van der Waals surface area contributed by atoms with Gasteiger partial charge in [0.25, 0.3) is 0 Å². The average molecular weight is 376 g/mol. The highest BCUT2D eigenvalue weighted by molar-refractivity contribution is 7.89. The van der Waals surface area contributed by atoms with Crippen molar-refractivity contribution in [1.29, 1.82) is 0 Å². The van der Waals surface area contributed by atoms with Crippen molar-refractivity contribution in [2.45, 2.75) is 38.1 Å². The fourth-order valence-corrected chi connectivity index (χ4v) is 3.30. The number of hydrogen-bond acceptors (Lipinski definition) is 5. The van der Waals surface area contributed by atoms with Gasteiger partial charge in [-0.3, -0.25) is 0 Å². The van der Waals surface area contributed by atoms with Crippen molar-refractivity contribution in [3.05, 3.63) is 24.0 Å². The summed E-state index contributed by atoms with van der Waals surface area (Å²) in [4.78, 5) is 11.4. The van der Waals surface area contributed by atoms with Crippen molar-refractivity contribution < 1.29 is 27.1 Å². The van der Waals surface area contributed by atoms with Gasteiger partial charge in [-0.1, -0.05) is 13.8 Å². The van der Waals surface area contributed by atoms with E-state index in [1.165, 1.54) is 19.2 Å². The number of benzene rings is 1. The average Bonchev–Trinajstić information content (AvgIpc) is 2.52. The zero-order valence-corrected chi connectivity index (χ0v) is 15.7. The minimum atomic E-state index is -3.92. The molecule has 9 heteroatoms. The van der Waals surface area contributed by atoms with Gasteiger partial charge < -0.3 is 14.8 Å². The second-order valence-electron chi connectivity index (χ2n) is 5.84. The Morgan fingerprint density at radius 2 is 2.00 bits per heavy atom. The van der Waals surface area contributed by atoms with Crippen molar-refractivity contribution in [3.63, 3.8) is 0 Å². The van der Waals surface area contributed by atoms with Crippen LogP contribution < -0.4 is 14.8 Å². The Morgan fingerprint density at radius 3 is 2.52 bits per heavy atom. The molecule has 1 aromatic carbocycles. The number of amides is 1. The number of hydrogen-bond donors (Lipinski definition) is 2. The zero-order chi connectivity index (χ0) is 19.0. The van der Waals surface area contributed by atoms with Crippen molar-refractivity contribution in [2.24, 2.45) is 5.92 Å². The molecular weight excluding hydrogens is 351 g/mol. The predicted molar refractivity (Wildman–Crippen MR) is 91.5 cm³/mol. The fraction of sp³-hybridized carbons (Fsp3) is 0.562. The van der Waals surface area contributed by atoms with E-state index in [-0.39, 0.29) is 29.7 Å². The Labute approximate surface area is 147 Å². The number of sulfonamides is 1. The molecule has 0 aromatic heterocycles. The first-order valence-corrected chi connectivity index (χ1v) is 9.44. The molecule has 0 heterocycles. The van der Waals surface area contributed by atoms with Gasteiger partial charge in [0.1, 0.15) is 0 Å². The maximum absolute atomic E-state index is 13.7. The van der Waals surface area contributed by atoms with Gasteiger partial charge in [-0.05, 0) is 37.5 Å². The molecule has 25 heavy (non-hydrogen) atoms. The summed E-state index contributed by atoms with van der Waals surface area (Å²) in [6.07, 6.45) is -0.0546. The molecule has 0 saturated carbocycles. The SMILES string of the molecule is CCOC(=O)NC(CNS(=O)(=O)c1ccc(OC)c(F)c1)CC(C)C. The van der Waals surface area contributed by atoms with Crippen molar-refractivity contribution in [3.8, 4) is 5.75 Å². The van der Waals surface area contributed by atoms with E-state index in [0.717, 1.165) is 6.07 Å². The second kappa shape index (κ2) is 9.57. The standard InChI is InChI=1S/C16H25FN2O5S/c1-5-24-16(20)19-12(8-11(2)3)10-18-25(21,22)13-6-7-15(23-4)14(17)9-13/h6-7,9,11-12,18H,5,8,10H2,1-4H3,(H,19,20). The van der Waals surface area contributed by atoms with Gasteiger partial charge >= 0.3 is 6.09 Å². The Hall–Kier alpha value is -1.87. The highest BCUT2D eigenvalue weighted by atomic mass is 32.2. The third kappa shape index (κ3) is 6.87. The number of halogens is 1. The Bertz CT molecular complexity index is 679. The molecule has 1 unspecified atom stereocenters. The molecular formula is C16H25FN2O5S. The summed E-state index contributed by atoms with van der Waals surface area (Å²) >= 11 is 0. The van der Waals surface area contributed by atoms with Crippen LogP contribution in [0.4, 0.5) is 9.18 Å². The minimum Gasteiger partial charge on any atom is -0.494 e. The topological polar surface area (TPSA) is 93.7 Å². The Kier molecular flexibility index (Phi) is 8.11. The van der Waals surface area contributed by atoms with Crippen LogP contribution in [-0.4, -0.2) is 40.8 Å². The number of alkyl carbamates (subject to hydrolysis) is 1. The summed E-state index contributed by atoms with van der Waals surface area (Å²) in [6, 6.07) is 2.93. The number of rotatable bonds is 9. The van der Waals surface area contributed by atoms with Gasteiger partial charge in [0, 0.05) is 12.6 Å². The molecule has 142 valence electrons. The number of methoxy groups -OCH3 is 1. The third-order valence-corrected chi connectivity index (χ3v) is 4.73. The molecule has 1 aromatic rings. The van der Waals surface area contributed by atoms with Crippen LogP contribution in [0.5, 0.6) is 5.75 Å². The van der Waals surface area contributed by atoms with E-state index in [0.29, 0.717) is 6.42 Å². The summed E-state index contributed by atoms with van der Waals surface area (Å²) < 4.78 is 50.3. The summed E-state index contributed by atoms with van der Waals surface area (Å²) in [6.45, 7) is 5.77. The van der Waals surface area contributed by atoms with E-state index in [1.54, 1.807) is 6.92 Å². The van der Waals surface area contributed by atoms with Crippen LogP contribution in [0, 0.1) is 11.7 Å². The number of carbonyl (C=O) groups is 1. The smallest absolute Gasteiger partial charge is 0.407 e. The molecule has 0 spiro atoms. The molecule has 7 nitrogen and oxygen atoms in total. The quantitative estimate of drug-likeness (QED) is 0.690. The lowest BCUT2D eigenvalue weighted by atomic mass is 10.0. The fourth-order valence-electron chi connectivity index (χ4n) is 2.21. The normalized spacial score (nSPS) is 12.7.